The predicted molar refractivity (Wildman–Crippen MR) is 86.9 cm³/mol. The topological polar surface area (TPSA) is 73.0 Å². The van der Waals surface area contributed by atoms with Crippen molar-refractivity contribution in [2.24, 2.45) is 0 Å². The van der Waals surface area contributed by atoms with Crippen LogP contribution in [0.25, 0.3) is 0 Å². The molecule has 0 aliphatic heterocycles. The SMILES string of the molecule is CCn1cc(Br)c(CN(C)S(=O)(=O)c2cnn(CC)c2C)n1. The average molecular weight is 390 g/mol. The van der Waals surface area contributed by atoms with E-state index in [0.29, 0.717) is 17.9 Å². The van der Waals surface area contributed by atoms with E-state index in [4.69, 9.17) is 0 Å². The minimum absolute atomic E-state index is 0.201. The van der Waals surface area contributed by atoms with Crippen molar-refractivity contribution in [1.82, 2.24) is 23.9 Å². The molecule has 22 heavy (non-hydrogen) atoms. The Kier molecular flexibility index (Phi) is 5.08. The molecule has 0 aliphatic carbocycles. The van der Waals surface area contributed by atoms with E-state index in [1.54, 1.807) is 23.3 Å². The Hall–Kier alpha value is -1.19. The molecule has 2 aromatic rings. The van der Waals surface area contributed by atoms with E-state index in [9.17, 15) is 8.42 Å². The molecule has 0 fully saturated rings. The van der Waals surface area contributed by atoms with E-state index in [0.717, 1.165) is 11.0 Å². The zero-order valence-corrected chi connectivity index (χ0v) is 15.5. The molecule has 2 heterocycles. The van der Waals surface area contributed by atoms with Gasteiger partial charge in [-0.25, -0.2) is 8.42 Å². The Morgan fingerprint density at radius 1 is 1.32 bits per heavy atom. The largest absolute Gasteiger partial charge is 0.272 e. The van der Waals surface area contributed by atoms with Gasteiger partial charge in [0.15, 0.2) is 0 Å². The summed E-state index contributed by atoms with van der Waals surface area (Å²) in [6.45, 7) is 7.24. The summed E-state index contributed by atoms with van der Waals surface area (Å²) in [5, 5.41) is 8.47. The highest BCUT2D eigenvalue weighted by Gasteiger charge is 2.26. The molecule has 2 rings (SSSR count). The second-order valence-corrected chi connectivity index (χ2v) is 7.82. The van der Waals surface area contributed by atoms with Gasteiger partial charge in [0.25, 0.3) is 0 Å². The van der Waals surface area contributed by atoms with Gasteiger partial charge in [0.1, 0.15) is 4.90 Å². The van der Waals surface area contributed by atoms with Crippen LogP contribution in [0.4, 0.5) is 0 Å². The highest BCUT2D eigenvalue weighted by Crippen LogP contribution is 2.22. The Bertz CT molecular complexity index is 765. The molecule has 0 amide bonds. The number of halogens is 1. The van der Waals surface area contributed by atoms with Crippen LogP contribution in [0.2, 0.25) is 0 Å². The van der Waals surface area contributed by atoms with Gasteiger partial charge in [-0.2, -0.15) is 14.5 Å². The summed E-state index contributed by atoms with van der Waals surface area (Å²) in [5.41, 5.74) is 1.33. The Morgan fingerprint density at radius 3 is 2.50 bits per heavy atom. The van der Waals surface area contributed by atoms with Gasteiger partial charge in [0, 0.05) is 26.3 Å². The second-order valence-electron chi connectivity index (χ2n) is 4.95. The lowest BCUT2D eigenvalue weighted by Crippen LogP contribution is -2.27. The summed E-state index contributed by atoms with van der Waals surface area (Å²) >= 11 is 3.42. The van der Waals surface area contributed by atoms with Gasteiger partial charge in [0.2, 0.25) is 10.0 Å². The van der Waals surface area contributed by atoms with Crippen LogP contribution >= 0.6 is 15.9 Å². The maximum atomic E-state index is 12.7. The molecule has 0 atom stereocenters. The van der Waals surface area contributed by atoms with E-state index in [1.165, 1.54) is 10.5 Å². The first kappa shape index (κ1) is 17.2. The molecular weight excluding hydrogens is 370 g/mol. The number of sulfonamides is 1. The molecule has 0 radical (unpaired) electrons. The summed E-state index contributed by atoms with van der Waals surface area (Å²) < 4.78 is 30.9. The fourth-order valence-electron chi connectivity index (χ4n) is 2.17. The smallest absolute Gasteiger partial charge is 0.246 e. The second kappa shape index (κ2) is 6.51. The highest BCUT2D eigenvalue weighted by molar-refractivity contribution is 9.10. The monoisotopic (exact) mass is 389 g/mol. The molecule has 0 spiro atoms. The standard InChI is InChI=1S/C13H20BrN5O2S/c1-5-18-8-11(14)12(16-18)9-17(4)22(20,21)13-7-15-19(6-2)10(13)3/h7-8H,5-6,9H2,1-4H3. The number of hydrogen-bond donors (Lipinski definition) is 0. The first-order chi connectivity index (χ1) is 10.3. The Morgan fingerprint density at radius 2 is 2.00 bits per heavy atom. The molecule has 9 heteroatoms. The van der Waals surface area contributed by atoms with E-state index < -0.39 is 10.0 Å². The zero-order chi connectivity index (χ0) is 16.5. The van der Waals surface area contributed by atoms with Crippen LogP contribution < -0.4 is 0 Å². The molecule has 0 aromatic carbocycles. The van der Waals surface area contributed by atoms with E-state index in [-0.39, 0.29) is 11.4 Å². The molecule has 0 aliphatic rings. The fraction of sp³-hybridized carbons (Fsp3) is 0.538. The van der Waals surface area contributed by atoms with Crippen molar-refractivity contribution in [2.75, 3.05) is 7.05 Å². The number of aromatic nitrogens is 4. The minimum atomic E-state index is -3.59. The van der Waals surface area contributed by atoms with E-state index in [2.05, 4.69) is 26.1 Å². The van der Waals surface area contributed by atoms with Crippen molar-refractivity contribution in [1.29, 1.82) is 0 Å². The van der Waals surface area contributed by atoms with Gasteiger partial charge in [-0.1, -0.05) is 0 Å². The maximum absolute atomic E-state index is 12.7. The minimum Gasteiger partial charge on any atom is -0.272 e. The van der Waals surface area contributed by atoms with Crippen LogP contribution in [0.1, 0.15) is 25.2 Å². The lowest BCUT2D eigenvalue weighted by Gasteiger charge is -2.16. The van der Waals surface area contributed by atoms with Crippen molar-refractivity contribution in [3.8, 4) is 0 Å². The van der Waals surface area contributed by atoms with Crippen LogP contribution in [0.15, 0.2) is 21.8 Å². The number of rotatable bonds is 6. The van der Waals surface area contributed by atoms with E-state index in [1.807, 2.05) is 20.0 Å². The molecule has 0 saturated heterocycles. The third-order valence-electron chi connectivity index (χ3n) is 3.53. The molecule has 7 nitrogen and oxygen atoms in total. The number of aryl methyl sites for hydroxylation is 2. The van der Waals surface area contributed by atoms with Gasteiger partial charge < -0.3 is 0 Å². The molecule has 0 saturated carbocycles. The quantitative estimate of drug-likeness (QED) is 0.757. The van der Waals surface area contributed by atoms with E-state index >= 15 is 0 Å². The fourth-order valence-corrected chi connectivity index (χ4v) is 3.90. The van der Waals surface area contributed by atoms with Crippen molar-refractivity contribution in [3.05, 3.63) is 28.3 Å². The van der Waals surface area contributed by atoms with Crippen molar-refractivity contribution >= 4 is 26.0 Å². The molecule has 0 bridgehead atoms. The predicted octanol–water partition coefficient (Wildman–Crippen LogP) is 2.01. The van der Waals surface area contributed by atoms with Crippen LogP contribution in [0, 0.1) is 6.92 Å². The van der Waals surface area contributed by atoms with Crippen molar-refractivity contribution < 1.29 is 8.42 Å². The number of nitrogens with zero attached hydrogens (tertiary/aromatic N) is 5. The average Bonchev–Trinajstić information content (AvgIpc) is 3.02. The first-order valence-electron chi connectivity index (χ1n) is 7.01. The highest BCUT2D eigenvalue weighted by atomic mass is 79.9. The molecular formula is C13H20BrN5O2S. The van der Waals surface area contributed by atoms with Crippen LogP contribution in [0.3, 0.4) is 0 Å². The number of hydrogen-bond acceptors (Lipinski definition) is 4. The van der Waals surface area contributed by atoms with Crippen LogP contribution in [-0.2, 0) is 29.7 Å². The summed E-state index contributed by atoms with van der Waals surface area (Å²) in [7, 11) is -2.04. The molecule has 2 aromatic heterocycles. The summed E-state index contributed by atoms with van der Waals surface area (Å²) in [4.78, 5) is 0.239. The summed E-state index contributed by atoms with van der Waals surface area (Å²) in [6, 6.07) is 0. The van der Waals surface area contributed by atoms with Crippen LogP contribution in [-0.4, -0.2) is 39.3 Å². The molecule has 122 valence electrons. The third-order valence-corrected chi connectivity index (χ3v) is 6.10. The third kappa shape index (κ3) is 3.11. The molecule has 0 unspecified atom stereocenters. The van der Waals surface area contributed by atoms with Gasteiger partial charge in [-0.15, -0.1) is 0 Å². The zero-order valence-electron chi connectivity index (χ0n) is 13.1. The Labute approximate surface area is 139 Å². The summed E-state index contributed by atoms with van der Waals surface area (Å²) in [5.74, 6) is 0. The van der Waals surface area contributed by atoms with Crippen LogP contribution in [0.5, 0.6) is 0 Å². The normalized spacial score (nSPS) is 12.3. The van der Waals surface area contributed by atoms with Gasteiger partial charge in [0.05, 0.1) is 28.6 Å². The van der Waals surface area contributed by atoms with Crippen molar-refractivity contribution in [2.45, 2.75) is 45.3 Å². The molecule has 0 N–H and O–H groups in total. The summed E-state index contributed by atoms with van der Waals surface area (Å²) in [6.07, 6.45) is 3.25. The van der Waals surface area contributed by atoms with Gasteiger partial charge >= 0.3 is 0 Å². The lowest BCUT2D eigenvalue weighted by atomic mass is 10.4. The maximum Gasteiger partial charge on any atom is 0.246 e. The first-order valence-corrected chi connectivity index (χ1v) is 9.25. The Balaban J connectivity index is 2.28. The lowest BCUT2D eigenvalue weighted by molar-refractivity contribution is 0.457. The van der Waals surface area contributed by atoms with Gasteiger partial charge in [-0.05, 0) is 36.7 Å². The van der Waals surface area contributed by atoms with Crippen molar-refractivity contribution in [3.63, 3.8) is 0 Å². The van der Waals surface area contributed by atoms with Gasteiger partial charge in [-0.3, -0.25) is 9.36 Å².